The van der Waals surface area contributed by atoms with Gasteiger partial charge in [0.05, 0.1) is 5.69 Å². The highest BCUT2D eigenvalue weighted by Crippen LogP contribution is 2.12. The first-order chi connectivity index (χ1) is 11.4. The molecule has 1 heterocycles. The van der Waals surface area contributed by atoms with Crippen molar-refractivity contribution >= 4 is 29.9 Å². The maximum atomic E-state index is 4.46. The van der Waals surface area contributed by atoms with E-state index in [4.69, 9.17) is 0 Å². The molecule has 25 heavy (non-hydrogen) atoms. The van der Waals surface area contributed by atoms with Gasteiger partial charge in [0, 0.05) is 32.9 Å². The molecule has 2 rings (SSSR count). The van der Waals surface area contributed by atoms with E-state index in [-0.39, 0.29) is 24.0 Å². The van der Waals surface area contributed by atoms with E-state index in [1.54, 1.807) is 7.05 Å². The van der Waals surface area contributed by atoms with E-state index in [0.29, 0.717) is 0 Å². The molecule has 1 aromatic carbocycles. The third kappa shape index (κ3) is 5.73. The second kappa shape index (κ2) is 9.79. The predicted molar refractivity (Wildman–Crippen MR) is 116 cm³/mol. The fraction of sp³-hybridized carbons (Fsp3) is 0.474. The first-order valence-electron chi connectivity index (χ1n) is 8.42. The van der Waals surface area contributed by atoms with E-state index in [1.165, 1.54) is 27.9 Å². The summed E-state index contributed by atoms with van der Waals surface area (Å²) in [5.74, 6) is 0.828. The molecule has 5 nitrogen and oxygen atoms in total. The molecule has 0 bridgehead atoms. The minimum Gasteiger partial charge on any atom is -0.356 e. The van der Waals surface area contributed by atoms with E-state index in [0.717, 1.165) is 31.2 Å². The van der Waals surface area contributed by atoms with Crippen LogP contribution in [0.3, 0.4) is 0 Å². The molecule has 0 saturated carbocycles. The summed E-state index contributed by atoms with van der Waals surface area (Å²) < 4.78 is 1.94. The molecule has 0 aliphatic heterocycles. The van der Waals surface area contributed by atoms with Crippen molar-refractivity contribution in [3.05, 3.63) is 51.8 Å². The Balaban J connectivity index is 0.00000312. The van der Waals surface area contributed by atoms with Gasteiger partial charge in [-0.05, 0) is 50.8 Å². The Bertz CT molecular complexity index is 734. The molecule has 2 N–H and O–H groups in total. The highest BCUT2D eigenvalue weighted by atomic mass is 127. The van der Waals surface area contributed by atoms with E-state index in [9.17, 15) is 0 Å². The lowest BCUT2D eigenvalue weighted by Gasteiger charge is -2.13. The molecule has 0 aliphatic carbocycles. The number of aliphatic imine (C=N–C) groups is 1. The minimum atomic E-state index is 0. The average Bonchev–Trinajstić information content (AvgIpc) is 2.78. The Labute approximate surface area is 168 Å². The van der Waals surface area contributed by atoms with Crippen molar-refractivity contribution in [1.82, 2.24) is 20.4 Å². The molecule has 1 aromatic heterocycles. The summed E-state index contributed by atoms with van der Waals surface area (Å²) in [5, 5.41) is 11.2. The van der Waals surface area contributed by atoms with Crippen LogP contribution in [-0.4, -0.2) is 29.3 Å². The molecule has 0 fully saturated rings. The highest BCUT2D eigenvalue weighted by Gasteiger charge is 2.09. The fourth-order valence-corrected chi connectivity index (χ4v) is 2.93. The van der Waals surface area contributed by atoms with Crippen molar-refractivity contribution in [3.63, 3.8) is 0 Å². The first kappa shape index (κ1) is 21.5. The normalized spacial score (nSPS) is 11.2. The Morgan fingerprint density at radius 3 is 2.44 bits per heavy atom. The second-order valence-electron chi connectivity index (χ2n) is 6.31. The van der Waals surface area contributed by atoms with Crippen LogP contribution in [0.1, 0.15) is 33.6 Å². The number of nitrogens with zero attached hydrogens (tertiary/aromatic N) is 3. The summed E-state index contributed by atoms with van der Waals surface area (Å²) >= 11 is 0. The van der Waals surface area contributed by atoms with Gasteiger partial charge in [0.15, 0.2) is 5.96 Å². The van der Waals surface area contributed by atoms with Crippen molar-refractivity contribution in [2.24, 2.45) is 12.0 Å². The fourth-order valence-electron chi connectivity index (χ4n) is 2.93. The SMILES string of the molecule is CN=C(NCCc1c(C)nn(C)c1C)NCc1ccc(C)cc1C.I. The van der Waals surface area contributed by atoms with Gasteiger partial charge in [-0.25, -0.2) is 0 Å². The van der Waals surface area contributed by atoms with Gasteiger partial charge >= 0.3 is 0 Å². The lowest BCUT2D eigenvalue weighted by molar-refractivity contribution is 0.728. The van der Waals surface area contributed by atoms with Crippen molar-refractivity contribution < 1.29 is 0 Å². The number of aromatic nitrogens is 2. The summed E-state index contributed by atoms with van der Waals surface area (Å²) in [5.41, 5.74) is 7.54. The lowest BCUT2D eigenvalue weighted by Crippen LogP contribution is -2.38. The van der Waals surface area contributed by atoms with Gasteiger partial charge in [-0.15, -0.1) is 24.0 Å². The van der Waals surface area contributed by atoms with Crippen LogP contribution in [0.15, 0.2) is 23.2 Å². The number of benzene rings is 1. The molecule has 0 amide bonds. The van der Waals surface area contributed by atoms with E-state index in [2.05, 4.69) is 66.6 Å². The summed E-state index contributed by atoms with van der Waals surface area (Å²) in [6.45, 7) is 10.1. The molecular weight excluding hydrogens is 425 g/mol. The number of aryl methyl sites for hydroxylation is 4. The van der Waals surface area contributed by atoms with Gasteiger partial charge in [0.2, 0.25) is 0 Å². The van der Waals surface area contributed by atoms with Crippen LogP contribution >= 0.6 is 24.0 Å². The summed E-state index contributed by atoms with van der Waals surface area (Å²) in [7, 11) is 3.79. The quantitative estimate of drug-likeness (QED) is 0.414. The van der Waals surface area contributed by atoms with Crippen molar-refractivity contribution in [1.29, 1.82) is 0 Å². The van der Waals surface area contributed by atoms with Crippen molar-refractivity contribution in [2.45, 2.75) is 40.7 Å². The van der Waals surface area contributed by atoms with Crippen molar-refractivity contribution in [2.75, 3.05) is 13.6 Å². The lowest BCUT2D eigenvalue weighted by atomic mass is 10.1. The van der Waals surface area contributed by atoms with Crippen LogP contribution in [-0.2, 0) is 20.0 Å². The molecule has 0 atom stereocenters. The van der Waals surface area contributed by atoms with Crippen LogP contribution in [0.4, 0.5) is 0 Å². The Kier molecular flexibility index (Phi) is 8.41. The van der Waals surface area contributed by atoms with Crippen LogP contribution in [0.25, 0.3) is 0 Å². The number of hydrogen-bond donors (Lipinski definition) is 2. The zero-order chi connectivity index (χ0) is 17.7. The minimum absolute atomic E-state index is 0. The molecule has 6 heteroatoms. The molecule has 0 radical (unpaired) electrons. The number of nitrogens with one attached hydrogen (secondary N) is 2. The zero-order valence-electron chi connectivity index (χ0n) is 16.1. The Hall–Kier alpha value is -1.57. The topological polar surface area (TPSA) is 54.2 Å². The van der Waals surface area contributed by atoms with Gasteiger partial charge in [0.25, 0.3) is 0 Å². The summed E-state index contributed by atoms with van der Waals surface area (Å²) in [6.07, 6.45) is 0.940. The van der Waals surface area contributed by atoms with Gasteiger partial charge in [-0.3, -0.25) is 9.67 Å². The zero-order valence-corrected chi connectivity index (χ0v) is 18.4. The number of guanidine groups is 1. The maximum absolute atomic E-state index is 4.46. The Morgan fingerprint density at radius 2 is 1.88 bits per heavy atom. The molecule has 0 unspecified atom stereocenters. The molecule has 138 valence electrons. The summed E-state index contributed by atoms with van der Waals surface area (Å²) in [6, 6.07) is 6.53. The Morgan fingerprint density at radius 1 is 1.16 bits per heavy atom. The standard InChI is InChI=1S/C19H29N5.HI/c1-13-7-8-17(14(2)11-13)12-22-19(20-5)21-10-9-18-15(3)23-24(6)16(18)4;/h7-8,11H,9-10,12H2,1-6H3,(H2,20,21,22);1H. The smallest absolute Gasteiger partial charge is 0.191 e. The van der Waals surface area contributed by atoms with Crippen LogP contribution in [0.2, 0.25) is 0 Å². The molecule has 0 aliphatic rings. The third-order valence-corrected chi connectivity index (χ3v) is 4.49. The average molecular weight is 455 g/mol. The van der Waals surface area contributed by atoms with E-state index in [1.807, 2.05) is 11.7 Å². The molecule has 0 saturated heterocycles. The van der Waals surface area contributed by atoms with Crippen LogP contribution in [0.5, 0.6) is 0 Å². The predicted octanol–water partition coefficient (Wildman–Crippen LogP) is 3.18. The molecule has 2 aromatic rings. The van der Waals surface area contributed by atoms with Gasteiger partial charge < -0.3 is 10.6 Å². The molecule has 0 spiro atoms. The van der Waals surface area contributed by atoms with Crippen LogP contribution in [0, 0.1) is 27.7 Å². The van der Waals surface area contributed by atoms with Crippen LogP contribution < -0.4 is 10.6 Å². The first-order valence-corrected chi connectivity index (χ1v) is 8.42. The monoisotopic (exact) mass is 455 g/mol. The number of rotatable bonds is 5. The maximum Gasteiger partial charge on any atom is 0.191 e. The summed E-state index contributed by atoms with van der Waals surface area (Å²) in [4.78, 5) is 4.31. The van der Waals surface area contributed by atoms with Gasteiger partial charge in [-0.2, -0.15) is 5.10 Å². The largest absolute Gasteiger partial charge is 0.356 e. The van der Waals surface area contributed by atoms with E-state index >= 15 is 0 Å². The van der Waals surface area contributed by atoms with Gasteiger partial charge in [0.1, 0.15) is 0 Å². The number of hydrogen-bond acceptors (Lipinski definition) is 2. The highest BCUT2D eigenvalue weighted by molar-refractivity contribution is 14.0. The second-order valence-corrected chi connectivity index (χ2v) is 6.31. The van der Waals surface area contributed by atoms with Crippen molar-refractivity contribution in [3.8, 4) is 0 Å². The number of halogens is 1. The van der Waals surface area contributed by atoms with Gasteiger partial charge in [-0.1, -0.05) is 23.8 Å². The molecular formula is C19H30IN5. The third-order valence-electron chi connectivity index (χ3n) is 4.49. The van der Waals surface area contributed by atoms with E-state index < -0.39 is 0 Å².